The first-order valence-corrected chi connectivity index (χ1v) is 11.3. The van der Waals surface area contributed by atoms with Gasteiger partial charge in [-0.3, -0.25) is 0 Å². The highest BCUT2D eigenvalue weighted by atomic mass is 31.1. The van der Waals surface area contributed by atoms with E-state index in [1.807, 2.05) is 13.8 Å². The molecule has 1 heterocycles. The van der Waals surface area contributed by atoms with Gasteiger partial charge in [-0.2, -0.15) is 0 Å². The number of hydrogen-bond donors (Lipinski definition) is 2. The van der Waals surface area contributed by atoms with E-state index < -0.39 is 7.92 Å². The van der Waals surface area contributed by atoms with Crippen LogP contribution >= 0.6 is 7.92 Å². The average molecular weight is 361 g/mol. The van der Waals surface area contributed by atoms with Crippen molar-refractivity contribution in [1.29, 1.82) is 0 Å². The standard InChI is InChI=1S/C13H24FN2P.C5H12.C2H6/c1-5-6-9(2)10(3)7-17-8-16-12(11(4)15)13(17)14;1-4-5(2)3;1-2/h9-10,16H,4-8,15H2,1-3H3;5H,4H2,1-3H3;1-2H3. The fourth-order valence-electron chi connectivity index (χ4n) is 2.13. The topological polar surface area (TPSA) is 38.0 Å². The minimum Gasteiger partial charge on any atom is -0.397 e. The van der Waals surface area contributed by atoms with E-state index in [1.165, 1.54) is 19.3 Å². The molecule has 144 valence electrons. The summed E-state index contributed by atoms with van der Waals surface area (Å²) in [6.45, 7) is 20.9. The third kappa shape index (κ3) is 10.3. The molecule has 0 saturated heterocycles. The Kier molecular flexibility index (Phi) is 15.8. The van der Waals surface area contributed by atoms with Crippen molar-refractivity contribution in [3.05, 3.63) is 23.5 Å². The average Bonchev–Trinajstić information content (AvgIpc) is 2.91. The van der Waals surface area contributed by atoms with E-state index in [2.05, 4.69) is 53.4 Å². The van der Waals surface area contributed by atoms with Crippen LogP contribution in [0, 0.1) is 17.8 Å². The summed E-state index contributed by atoms with van der Waals surface area (Å²) in [5, 5.41) is 3.04. The van der Waals surface area contributed by atoms with E-state index in [9.17, 15) is 4.39 Å². The van der Waals surface area contributed by atoms with Crippen molar-refractivity contribution in [3.8, 4) is 0 Å². The summed E-state index contributed by atoms with van der Waals surface area (Å²) >= 11 is 0. The Morgan fingerprint density at radius 3 is 2.04 bits per heavy atom. The molecule has 1 aliphatic heterocycles. The van der Waals surface area contributed by atoms with Crippen LogP contribution in [-0.2, 0) is 0 Å². The molecule has 0 spiro atoms. The van der Waals surface area contributed by atoms with Crippen molar-refractivity contribution >= 4 is 7.92 Å². The van der Waals surface area contributed by atoms with Crippen LogP contribution in [0.25, 0.3) is 0 Å². The van der Waals surface area contributed by atoms with Crippen LogP contribution in [0.15, 0.2) is 23.5 Å². The molecule has 2 nitrogen and oxygen atoms in total. The van der Waals surface area contributed by atoms with Crippen LogP contribution < -0.4 is 11.1 Å². The number of nitrogens with two attached hydrogens (primary N) is 1. The van der Waals surface area contributed by atoms with Gasteiger partial charge in [-0.05, 0) is 31.8 Å². The van der Waals surface area contributed by atoms with Crippen molar-refractivity contribution < 1.29 is 4.39 Å². The highest BCUT2D eigenvalue weighted by molar-refractivity contribution is 7.62. The van der Waals surface area contributed by atoms with Crippen molar-refractivity contribution in [1.82, 2.24) is 5.32 Å². The zero-order valence-corrected chi connectivity index (χ0v) is 18.3. The zero-order valence-electron chi connectivity index (χ0n) is 17.4. The van der Waals surface area contributed by atoms with E-state index >= 15 is 0 Å². The summed E-state index contributed by atoms with van der Waals surface area (Å²) in [4.78, 5) is 0. The second kappa shape index (κ2) is 14.8. The normalized spacial score (nSPS) is 18.8. The molecule has 1 rings (SSSR count). The molecule has 24 heavy (non-hydrogen) atoms. The Morgan fingerprint density at radius 1 is 1.21 bits per heavy atom. The third-order valence-electron chi connectivity index (χ3n) is 4.29. The van der Waals surface area contributed by atoms with Gasteiger partial charge in [0.25, 0.3) is 0 Å². The van der Waals surface area contributed by atoms with Gasteiger partial charge < -0.3 is 11.1 Å². The van der Waals surface area contributed by atoms with Gasteiger partial charge in [-0.15, -0.1) is 0 Å². The summed E-state index contributed by atoms with van der Waals surface area (Å²) in [7, 11) is -0.700. The molecule has 0 saturated carbocycles. The minimum atomic E-state index is -0.700. The molecular weight excluding hydrogens is 318 g/mol. The van der Waals surface area contributed by atoms with Crippen molar-refractivity contribution in [2.75, 3.05) is 12.4 Å². The molecular formula is C20H42FN2P. The minimum absolute atomic E-state index is 0.0388. The third-order valence-corrected chi connectivity index (χ3v) is 6.63. The van der Waals surface area contributed by atoms with E-state index in [0.29, 0.717) is 23.2 Å². The summed E-state index contributed by atoms with van der Waals surface area (Å²) in [5.41, 5.74) is 6.28. The van der Waals surface area contributed by atoms with Crippen LogP contribution in [0.5, 0.6) is 0 Å². The summed E-state index contributed by atoms with van der Waals surface area (Å²) in [6.07, 6.45) is 5.40. The highest BCUT2D eigenvalue weighted by Crippen LogP contribution is 2.52. The molecule has 1 aliphatic rings. The molecule has 0 fully saturated rings. The molecule has 0 amide bonds. The number of rotatable bonds is 7. The molecule has 3 N–H and O–H groups in total. The Morgan fingerprint density at radius 2 is 1.71 bits per heavy atom. The Labute approximate surface area is 152 Å². The first-order valence-electron chi connectivity index (χ1n) is 9.57. The number of halogens is 1. The van der Waals surface area contributed by atoms with Gasteiger partial charge >= 0.3 is 0 Å². The van der Waals surface area contributed by atoms with E-state index in [4.69, 9.17) is 5.73 Å². The zero-order chi connectivity index (χ0) is 19.3. The van der Waals surface area contributed by atoms with Crippen LogP contribution in [0.4, 0.5) is 4.39 Å². The van der Waals surface area contributed by atoms with E-state index in [1.54, 1.807) is 0 Å². The van der Waals surface area contributed by atoms with E-state index in [0.717, 1.165) is 18.4 Å². The lowest BCUT2D eigenvalue weighted by Gasteiger charge is -2.22. The predicted molar refractivity (Wildman–Crippen MR) is 111 cm³/mol. The van der Waals surface area contributed by atoms with Gasteiger partial charge in [-0.25, -0.2) is 4.39 Å². The van der Waals surface area contributed by atoms with Gasteiger partial charge in [0.15, 0.2) is 0 Å². The van der Waals surface area contributed by atoms with Crippen LogP contribution in [0.1, 0.15) is 74.7 Å². The van der Waals surface area contributed by atoms with Crippen LogP contribution in [0.2, 0.25) is 0 Å². The monoisotopic (exact) mass is 360 g/mol. The lowest BCUT2D eigenvalue weighted by molar-refractivity contribution is 0.392. The predicted octanol–water partition coefficient (Wildman–Crippen LogP) is 6.79. The Bertz CT molecular complexity index is 367. The van der Waals surface area contributed by atoms with Gasteiger partial charge in [0.05, 0.1) is 11.4 Å². The fourth-order valence-corrected chi connectivity index (χ4v) is 4.50. The second-order valence-corrected chi connectivity index (χ2v) is 8.95. The smallest absolute Gasteiger partial charge is 0.149 e. The maximum atomic E-state index is 14.0. The summed E-state index contributed by atoms with van der Waals surface area (Å²) in [6, 6.07) is 0. The Hall–Kier alpha value is -0.560. The van der Waals surface area contributed by atoms with Crippen molar-refractivity contribution in [2.45, 2.75) is 74.7 Å². The van der Waals surface area contributed by atoms with Crippen LogP contribution in [0.3, 0.4) is 0 Å². The molecule has 0 aromatic carbocycles. The molecule has 3 unspecified atom stereocenters. The fraction of sp³-hybridized carbons (Fsp3) is 0.800. The summed E-state index contributed by atoms with van der Waals surface area (Å²) in [5.74, 6) is 2.12. The van der Waals surface area contributed by atoms with Gasteiger partial charge in [-0.1, -0.05) is 81.2 Å². The van der Waals surface area contributed by atoms with Crippen molar-refractivity contribution in [2.24, 2.45) is 23.5 Å². The molecule has 0 bridgehead atoms. The molecule has 0 radical (unpaired) electrons. The van der Waals surface area contributed by atoms with Crippen LogP contribution in [-0.4, -0.2) is 12.4 Å². The van der Waals surface area contributed by atoms with Gasteiger partial charge in [0.1, 0.15) is 5.57 Å². The molecule has 0 aromatic heterocycles. The molecule has 4 heteroatoms. The molecule has 0 aliphatic carbocycles. The van der Waals surface area contributed by atoms with Gasteiger partial charge in [0, 0.05) is 6.29 Å². The first kappa shape index (κ1) is 25.7. The molecule has 0 aromatic rings. The van der Waals surface area contributed by atoms with Gasteiger partial charge in [0.2, 0.25) is 0 Å². The number of hydrogen-bond acceptors (Lipinski definition) is 2. The quantitative estimate of drug-likeness (QED) is 0.490. The summed E-state index contributed by atoms with van der Waals surface area (Å²) < 4.78 is 14.0. The maximum absolute atomic E-state index is 14.0. The maximum Gasteiger partial charge on any atom is 0.149 e. The lowest BCUT2D eigenvalue weighted by atomic mass is 9.93. The SMILES string of the molecule is C=C(N)C1=C(F)P(CC(C)C(C)CCC)CN1.CC.CCC(C)C. The van der Waals surface area contributed by atoms with E-state index in [-0.39, 0.29) is 5.57 Å². The van der Waals surface area contributed by atoms with Crippen molar-refractivity contribution in [3.63, 3.8) is 0 Å². The number of nitrogens with one attached hydrogen (secondary N) is 1. The largest absolute Gasteiger partial charge is 0.397 e. The Balaban J connectivity index is 0. The first-order chi connectivity index (χ1) is 11.2. The second-order valence-electron chi connectivity index (χ2n) is 6.79. The lowest BCUT2D eigenvalue weighted by Crippen LogP contribution is -2.14. The highest BCUT2D eigenvalue weighted by Gasteiger charge is 2.28. The molecule has 3 atom stereocenters.